The van der Waals surface area contributed by atoms with Gasteiger partial charge in [-0.15, -0.1) is 0 Å². The van der Waals surface area contributed by atoms with Crippen LogP contribution in [0.2, 0.25) is 0 Å². The van der Waals surface area contributed by atoms with E-state index in [1.165, 1.54) is 31.6 Å². The van der Waals surface area contributed by atoms with Crippen LogP contribution in [0.5, 0.6) is 0 Å². The van der Waals surface area contributed by atoms with Crippen molar-refractivity contribution in [3.05, 3.63) is 18.2 Å². The molecule has 1 aliphatic rings. The zero-order valence-electron chi connectivity index (χ0n) is 12.1. The van der Waals surface area contributed by atoms with Crippen LogP contribution in [0.3, 0.4) is 0 Å². The van der Waals surface area contributed by atoms with E-state index in [2.05, 4.69) is 40.5 Å². The largest absolute Gasteiger partial charge is 0.337 e. The van der Waals surface area contributed by atoms with Gasteiger partial charge in [0.25, 0.3) is 0 Å². The molecule has 1 saturated heterocycles. The summed E-state index contributed by atoms with van der Waals surface area (Å²) in [6.45, 7) is 10.2. The van der Waals surface area contributed by atoms with E-state index in [9.17, 15) is 0 Å². The minimum atomic E-state index is 0.313. The monoisotopic (exact) mass is 250 g/mol. The number of hydrogen-bond donors (Lipinski definition) is 1. The summed E-state index contributed by atoms with van der Waals surface area (Å²) in [4.78, 5) is 6.72. The second-order valence-electron chi connectivity index (χ2n) is 6.31. The summed E-state index contributed by atoms with van der Waals surface area (Å²) in [6.07, 6.45) is 6.29. The van der Waals surface area contributed by atoms with Gasteiger partial charge in [-0.05, 0) is 33.6 Å². The van der Waals surface area contributed by atoms with E-state index in [0.717, 1.165) is 6.54 Å². The Morgan fingerprint density at radius 1 is 1.33 bits per heavy atom. The van der Waals surface area contributed by atoms with Crippen molar-refractivity contribution in [1.82, 2.24) is 19.8 Å². The first-order chi connectivity index (χ1) is 8.47. The summed E-state index contributed by atoms with van der Waals surface area (Å²) < 4.78 is 2.08. The molecule has 0 spiro atoms. The second-order valence-corrected chi connectivity index (χ2v) is 6.31. The predicted octanol–water partition coefficient (Wildman–Crippen LogP) is 1.77. The fraction of sp³-hybridized carbons (Fsp3) is 0.786. The van der Waals surface area contributed by atoms with E-state index >= 15 is 0 Å². The van der Waals surface area contributed by atoms with Crippen molar-refractivity contribution in [3.8, 4) is 0 Å². The lowest BCUT2D eigenvalue weighted by atomic mass is 9.98. The molecule has 102 valence electrons. The van der Waals surface area contributed by atoms with E-state index < -0.39 is 0 Å². The third kappa shape index (κ3) is 3.33. The number of hydrogen-bond acceptors (Lipinski definition) is 3. The third-order valence-electron chi connectivity index (χ3n) is 3.93. The van der Waals surface area contributed by atoms with Gasteiger partial charge in [-0.3, -0.25) is 4.90 Å². The zero-order chi connectivity index (χ0) is 13.2. The van der Waals surface area contributed by atoms with Gasteiger partial charge in [-0.25, -0.2) is 4.98 Å². The van der Waals surface area contributed by atoms with Crippen LogP contribution in [0.1, 0.15) is 39.3 Å². The highest BCUT2D eigenvalue weighted by Crippen LogP contribution is 2.20. The Bertz CT molecular complexity index is 369. The van der Waals surface area contributed by atoms with Crippen LogP contribution in [0, 0.1) is 0 Å². The molecule has 0 aromatic carbocycles. The molecule has 0 saturated carbocycles. The fourth-order valence-corrected chi connectivity index (χ4v) is 2.56. The molecule has 0 atom stereocenters. The van der Waals surface area contributed by atoms with Crippen molar-refractivity contribution in [2.24, 2.45) is 7.05 Å². The highest BCUT2D eigenvalue weighted by atomic mass is 15.2. The number of imidazole rings is 1. The predicted molar refractivity (Wildman–Crippen MR) is 74.4 cm³/mol. The Morgan fingerprint density at radius 3 is 2.50 bits per heavy atom. The smallest absolute Gasteiger partial charge is 0.0945 e. The van der Waals surface area contributed by atoms with Gasteiger partial charge in [0.1, 0.15) is 0 Å². The van der Waals surface area contributed by atoms with Crippen molar-refractivity contribution < 1.29 is 0 Å². The summed E-state index contributed by atoms with van der Waals surface area (Å²) in [5.41, 5.74) is 1.57. The Hall–Kier alpha value is -0.870. The van der Waals surface area contributed by atoms with Gasteiger partial charge in [0.2, 0.25) is 0 Å². The molecule has 0 radical (unpaired) electrons. The Kier molecular flexibility index (Phi) is 4.07. The van der Waals surface area contributed by atoms with Crippen molar-refractivity contribution >= 4 is 0 Å². The van der Waals surface area contributed by atoms with Crippen molar-refractivity contribution in [3.63, 3.8) is 0 Å². The summed E-state index contributed by atoms with van der Waals surface area (Å²) in [6, 6.07) is 0.651. The molecule has 0 unspecified atom stereocenters. The molecule has 4 nitrogen and oxygen atoms in total. The maximum atomic E-state index is 4.14. The quantitative estimate of drug-likeness (QED) is 0.887. The average molecular weight is 250 g/mol. The first-order valence-corrected chi connectivity index (χ1v) is 6.90. The highest BCUT2D eigenvalue weighted by Gasteiger charge is 2.26. The number of nitrogens with zero attached hydrogens (tertiary/aromatic N) is 3. The summed E-state index contributed by atoms with van der Waals surface area (Å²) in [5.74, 6) is 0. The number of likely N-dealkylation sites (tertiary alicyclic amines) is 1. The van der Waals surface area contributed by atoms with Gasteiger partial charge < -0.3 is 9.88 Å². The van der Waals surface area contributed by atoms with Crippen LogP contribution >= 0.6 is 0 Å². The lowest BCUT2D eigenvalue weighted by Gasteiger charge is -2.41. The number of aryl methyl sites for hydroxylation is 1. The maximum Gasteiger partial charge on any atom is 0.0945 e. The summed E-state index contributed by atoms with van der Waals surface area (Å²) in [5, 5.41) is 3.65. The number of nitrogens with one attached hydrogen (secondary N) is 1. The Labute approximate surface area is 110 Å². The molecule has 1 aromatic rings. The molecule has 0 amide bonds. The molecule has 4 heteroatoms. The molecule has 1 fully saturated rings. The standard InChI is InChI=1S/C14H26N4/c1-14(2,3)18-7-5-12(6-8-18)16-10-13-9-15-11-17(13)4/h9,11-12,16H,5-8,10H2,1-4H3. The zero-order valence-corrected chi connectivity index (χ0v) is 12.1. The molecule has 2 rings (SSSR count). The Morgan fingerprint density at radius 2 is 2.00 bits per heavy atom. The minimum absolute atomic E-state index is 0.313. The minimum Gasteiger partial charge on any atom is -0.337 e. The third-order valence-corrected chi connectivity index (χ3v) is 3.93. The van der Waals surface area contributed by atoms with Gasteiger partial charge >= 0.3 is 0 Å². The van der Waals surface area contributed by atoms with Crippen LogP contribution in [0.15, 0.2) is 12.5 Å². The first-order valence-electron chi connectivity index (χ1n) is 6.90. The van der Waals surface area contributed by atoms with Gasteiger partial charge in [0.15, 0.2) is 0 Å². The van der Waals surface area contributed by atoms with Crippen LogP contribution in [0.25, 0.3) is 0 Å². The SMILES string of the molecule is Cn1cncc1CNC1CCN(C(C)(C)C)CC1. The lowest BCUT2D eigenvalue weighted by Crippen LogP contribution is -2.49. The van der Waals surface area contributed by atoms with Gasteiger partial charge in [0.05, 0.1) is 12.0 Å². The van der Waals surface area contributed by atoms with Gasteiger partial charge in [-0.1, -0.05) is 0 Å². The normalized spacial score (nSPS) is 19.3. The molecule has 0 bridgehead atoms. The molecular formula is C14H26N4. The van der Waals surface area contributed by atoms with E-state index in [-0.39, 0.29) is 0 Å². The van der Waals surface area contributed by atoms with Crippen molar-refractivity contribution in [2.45, 2.75) is 51.7 Å². The molecule has 1 aliphatic heterocycles. The topological polar surface area (TPSA) is 33.1 Å². The van der Waals surface area contributed by atoms with Crippen molar-refractivity contribution in [1.29, 1.82) is 0 Å². The van der Waals surface area contributed by atoms with E-state index in [1.807, 2.05) is 19.6 Å². The molecule has 1 aromatic heterocycles. The molecule has 0 aliphatic carbocycles. The lowest BCUT2D eigenvalue weighted by molar-refractivity contribution is 0.0959. The van der Waals surface area contributed by atoms with E-state index in [4.69, 9.17) is 0 Å². The van der Waals surface area contributed by atoms with E-state index in [0.29, 0.717) is 11.6 Å². The van der Waals surface area contributed by atoms with Gasteiger partial charge in [0, 0.05) is 44.5 Å². The number of rotatable bonds is 3. The highest BCUT2D eigenvalue weighted by molar-refractivity contribution is 4.97. The van der Waals surface area contributed by atoms with E-state index in [1.54, 1.807) is 0 Å². The second kappa shape index (κ2) is 5.41. The fourth-order valence-electron chi connectivity index (χ4n) is 2.56. The summed E-state index contributed by atoms with van der Waals surface area (Å²) >= 11 is 0. The number of piperidine rings is 1. The van der Waals surface area contributed by atoms with Crippen LogP contribution in [0.4, 0.5) is 0 Å². The average Bonchev–Trinajstić information content (AvgIpc) is 2.72. The van der Waals surface area contributed by atoms with Gasteiger partial charge in [-0.2, -0.15) is 0 Å². The molecular weight excluding hydrogens is 224 g/mol. The molecule has 1 N–H and O–H groups in total. The number of aromatic nitrogens is 2. The van der Waals surface area contributed by atoms with Crippen LogP contribution in [-0.4, -0.2) is 39.1 Å². The van der Waals surface area contributed by atoms with Crippen LogP contribution in [-0.2, 0) is 13.6 Å². The Balaban J connectivity index is 1.76. The first kappa shape index (κ1) is 13.6. The maximum absolute atomic E-state index is 4.14. The molecule has 18 heavy (non-hydrogen) atoms. The van der Waals surface area contributed by atoms with Crippen LogP contribution < -0.4 is 5.32 Å². The summed E-state index contributed by atoms with van der Waals surface area (Å²) in [7, 11) is 2.05. The van der Waals surface area contributed by atoms with Crippen molar-refractivity contribution in [2.75, 3.05) is 13.1 Å². The molecule has 2 heterocycles.